The highest BCUT2D eigenvalue weighted by molar-refractivity contribution is 7.80. The van der Waals surface area contributed by atoms with Gasteiger partial charge in [0.2, 0.25) is 23.6 Å². The van der Waals surface area contributed by atoms with E-state index in [2.05, 4.69) is 162 Å². The fraction of sp³-hybridized carbons (Fsp3) is 0.408. The van der Waals surface area contributed by atoms with E-state index < -0.39 is 72.1 Å². The van der Waals surface area contributed by atoms with Gasteiger partial charge in [-0.15, -0.1) is 0 Å². The van der Waals surface area contributed by atoms with Crippen molar-refractivity contribution < 1.29 is 56.9 Å². The molecule has 0 aromatic heterocycles. The van der Waals surface area contributed by atoms with Crippen LogP contribution in [0.2, 0.25) is 0 Å². The van der Waals surface area contributed by atoms with Gasteiger partial charge in [-0.2, -0.15) is 0 Å². The average molecular weight is 1640 g/mol. The molecule has 0 fully saturated rings. The standard InChI is InChI=1S/C98H125N4O12P3/c1-94(2,3)72-64-81(92(84(66-72)97(10,11)12)113-59-54-101-88(106)69-116(109,76-43-29-20-30-44-76)77-45-31-21-32-46-77)90(82-65-73(95(4,5)6)67-85(98(13,14)15)93(82)114-60-55-102-89(107)70-117(110,78-47-33-22-34-48-78)79-49-35-23-36-50-79)80-62-71(38-24-16-17-37-52-99-86(104)51-57-111-61-56-103)63-83(96(7,8)9)91(80)112-58-53-100-87(105)68-115(108,74-39-25-18-26-40-74)75-41-27-19-28-42-75/h18-23,25-36,39-50,62-67,90,103H,16-17,24,37-38,51-61,68-70H2,1-15H3,(H,99,104)(H,100,105)(H,101,106)(H,102,107). The number of aliphatic hydroxyl groups excluding tert-OH is 1. The van der Waals surface area contributed by atoms with Crippen LogP contribution in [0.1, 0.15) is 192 Å². The summed E-state index contributed by atoms with van der Waals surface area (Å²) >= 11 is 0. The molecule has 624 valence electrons. The van der Waals surface area contributed by atoms with Crippen LogP contribution in [0.25, 0.3) is 0 Å². The lowest BCUT2D eigenvalue weighted by atomic mass is 9.71. The molecular formula is C98H125N4O12P3. The third-order valence-electron chi connectivity index (χ3n) is 21.1. The van der Waals surface area contributed by atoms with Crippen LogP contribution in [0.15, 0.2) is 218 Å². The Labute approximate surface area is 696 Å². The summed E-state index contributed by atoms with van der Waals surface area (Å²) in [6, 6.07) is 68.6. The second-order valence-corrected chi connectivity index (χ2v) is 44.0. The van der Waals surface area contributed by atoms with E-state index >= 15 is 13.7 Å². The van der Waals surface area contributed by atoms with Crippen molar-refractivity contribution in [1.29, 1.82) is 0 Å². The Morgan fingerprint density at radius 3 is 0.923 bits per heavy atom. The number of hydrogen-bond donors (Lipinski definition) is 5. The van der Waals surface area contributed by atoms with Gasteiger partial charge in [0.15, 0.2) is 21.4 Å². The van der Waals surface area contributed by atoms with Gasteiger partial charge in [0.1, 0.15) is 37.1 Å². The molecular weight excluding hydrogens is 1520 g/mol. The molecule has 16 nitrogen and oxygen atoms in total. The van der Waals surface area contributed by atoms with Crippen LogP contribution in [0.3, 0.4) is 0 Å². The quantitative estimate of drug-likeness (QED) is 0.0138. The molecule has 117 heavy (non-hydrogen) atoms. The molecule has 4 amide bonds. The minimum absolute atomic E-state index is 0.000686. The SMILES string of the molecule is CC(C)(C)c1cc(C(c2cc(CCCCCCNC(=O)CCOCCO)cc(C(C)(C)C)c2OCCNC(=O)CP(=O)(c2ccccc2)c2ccccc2)c2cc(C(C)(C)C)cc(C(C)(C)C)c2OCCNC(=O)CP(=O)(c2ccccc2)c2ccccc2)c(OCCNC(=O)CP(=O)(c2ccccc2)c2ccccc2)c(C(C)(C)C)c1. The van der Waals surface area contributed by atoms with Crippen molar-refractivity contribution in [3.63, 3.8) is 0 Å². The number of hydrogen-bond acceptors (Lipinski definition) is 12. The van der Waals surface area contributed by atoms with E-state index in [1.54, 1.807) is 0 Å². The summed E-state index contributed by atoms with van der Waals surface area (Å²) in [6.07, 6.45) is 3.36. The van der Waals surface area contributed by atoms with Gasteiger partial charge in [-0.3, -0.25) is 19.2 Å². The van der Waals surface area contributed by atoms with Crippen molar-refractivity contribution >= 4 is 76.9 Å². The molecule has 0 heterocycles. The first-order valence-electron chi connectivity index (χ1n) is 41.3. The second kappa shape index (κ2) is 41.0. The van der Waals surface area contributed by atoms with E-state index in [-0.39, 0.29) is 90.1 Å². The van der Waals surface area contributed by atoms with E-state index in [0.717, 1.165) is 75.8 Å². The van der Waals surface area contributed by atoms with E-state index in [1.165, 1.54) is 0 Å². The highest BCUT2D eigenvalue weighted by atomic mass is 31.2. The molecule has 9 aromatic carbocycles. The minimum Gasteiger partial charge on any atom is -0.491 e. The van der Waals surface area contributed by atoms with E-state index in [9.17, 15) is 19.2 Å². The molecule has 0 aliphatic heterocycles. The number of benzene rings is 9. The third-order valence-corrected chi connectivity index (χ3v) is 30.1. The smallest absolute Gasteiger partial charge is 0.228 e. The molecule has 19 heteroatoms. The summed E-state index contributed by atoms with van der Waals surface area (Å²) in [6.45, 7) is 33.8. The van der Waals surface area contributed by atoms with Gasteiger partial charge in [-0.25, -0.2) is 0 Å². The Morgan fingerprint density at radius 1 is 0.333 bits per heavy atom. The zero-order valence-electron chi connectivity index (χ0n) is 71.6. The van der Waals surface area contributed by atoms with Crippen LogP contribution in [0.4, 0.5) is 0 Å². The molecule has 0 saturated heterocycles. The molecule has 0 unspecified atom stereocenters. The van der Waals surface area contributed by atoms with Crippen LogP contribution < -0.4 is 67.3 Å². The van der Waals surface area contributed by atoms with Crippen molar-refractivity contribution in [1.82, 2.24) is 21.3 Å². The summed E-state index contributed by atoms with van der Waals surface area (Å²) < 4.78 is 74.0. The molecule has 0 spiro atoms. The lowest BCUT2D eigenvalue weighted by molar-refractivity contribution is -0.122. The summed E-state index contributed by atoms with van der Waals surface area (Å²) in [5, 5.41) is 25.1. The Balaban J connectivity index is 1.23. The number of aryl methyl sites for hydroxylation is 1. The normalized spacial score (nSPS) is 12.4. The Morgan fingerprint density at radius 2 is 0.624 bits per heavy atom. The summed E-state index contributed by atoms with van der Waals surface area (Å²) in [4.78, 5) is 56.5. The molecule has 0 radical (unpaired) electrons. The average Bonchev–Trinajstić information content (AvgIpc) is 0.728. The van der Waals surface area contributed by atoms with Crippen LogP contribution in [0.5, 0.6) is 17.2 Å². The van der Waals surface area contributed by atoms with Crippen molar-refractivity contribution in [3.8, 4) is 17.2 Å². The van der Waals surface area contributed by atoms with Crippen molar-refractivity contribution in [2.45, 2.75) is 175 Å². The second-order valence-electron chi connectivity index (χ2n) is 35.5. The van der Waals surface area contributed by atoms with Gasteiger partial charge in [0.05, 0.1) is 57.9 Å². The molecule has 0 aliphatic rings. The van der Waals surface area contributed by atoms with Gasteiger partial charge in [-0.1, -0.05) is 335 Å². The molecule has 0 aliphatic carbocycles. The zero-order valence-corrected chi connectivity index (χ0v) is 74.3. The highest BCUT2D eigenvalue weighted by Gasteiger charge is 2.40. The van der Waals surface area contributed by atoms with Crippen LogP contribution >= 0.6 is 21.4 Å². The number of nitrogens with one attached hydrogen (secondary N) is 4. The molecule has 9 aromatic rings. The number of aliphatic hydroxyl groups is 1. The topological polar surface area (TPSA) is 225 Å². The summed E-state index contributed by atoms with van der Waals surface area (Å²) in [7, 11) is -10.4. The van der Waals surface area contributed by atoms with Crippen molar-refractivity contribution in [3.05, 3.63) is 268 Å². The molecule has 9 rings (SSSR count). The van der Waals surface area contributed by atoms with E-state index in [0.29, 0.717) is 62.0 Å². The summed E-state index contributed by atoms with van der Waals surface area (Å²) in [5.41, 5.74) is 5.49. The first-order valence-corrected chi connectivity index (χ1v) is 46.9. The number of rotatable bonds is 39. The zero-order chi connectivity index (χ0) is 84.8. The van der Waals surface area contributed by atoms with Crippen molar-refractivity contribution in [2.75, 3.05) is 84.3 Å². The summed E-state index contributed by atoms with van der Waals surface area (Å²) in [5.74, 6) is -0.358. The van der Waals surface area contributed by atoms with Crippen molar-refractivity contribution in [2.24, 2.45) is 0 Å². The largest absolute Gasteiger partial charge is 0.491 e. The Kier molecular flexibility index (Phi) is 32.2. The lowest BCUT2D eigenvalue weighted by Gasteiger charge is -2.36. The fourth-order valence-electron chi connectivity index (χ4n) is 14.6. The van der Waals surface area contributed by atoms with E-state index in [4.69, 9.17) is 24.1 Å². The van der Waals surface area contributed by atoms with Gasteiger partial charge in [-0.05, 0) is 63.0 Å². The van der Waals surface area contributed by atoms with Gasteiger partial charge >= 0.3 is 0 Å². The van der Waals surface area contributed by atoms with Crippen LogP contribution in [0, 0.1) is 0 Å². The molecule has 0 bridgehead atoms. The van der Waals surface area contributed by atoms with Gasteiger partial charge in [0.25, 0.3) is 0 Å². The predicted octanol–water partition coefficient (Wildman–Crippen LogP) is 16.5. The Bertz CT molecular complexity index is 4590. The lowest BCUT2D eigenvalue weighted by Crippen LogP contribution is -2.34. The minimum atomic E-state index is -3.48. The van der Waals surface area contributed by atoms with Gasteiger partial charge < -0.3 is 59.0 Å². The number of amides is 4. The van der Waals surface area contributed by atoms with Crippen LogP contribution in [-0.2, 0) is 71.1 Å². The monoisotopic (exact) mass is 1640 g/mol. The molecule has 5 N–H and O–H groups in total. The maximum absolute atomic E-state index is 15.4. The third kappa shape index (κ3) is 25.0. The first kappa shape index (κ1) is 91.8. The highest BCUT2D eigenvalue weighted by Crippen LogP contribution is 2.54. The van der Waals surface area contributed by atoms with E-state index in [1.807, 2.05) is 182 Å². The Hall–Kier alpha value is -9.13. The predicted molar refractivity (Wildman–Crippen MR) is 481 cm³/mol. The number of ether oxygens (including phenoxy) is 4. The first-order chi connectivity index (χ1) is 55.4. The van der Waals surface area contributed by atoms with Gasteiger partial charge in [0, 0.05) is 84.1 Å². The molecule has 0 saturated carbocycles. The maximum atomic E-state index is 15.4. The number of unbranched alkanes of at least 4 members (excludes halogenated alkanes) is 3. The number of carbonyl (C=O) groups excluding carboxylic acids is 4. The maximum Gasteiger partial charge on any atom is 0.228 e. The number of carbonyl (C=O) groups is 4. The fourth-order valence-corrected chi connectivity index (χ4v) is 22.1. The molecule has 0 atom stereocenters. The van der Waals surface area contributed by atoms with Crippen LogP contribution in [-0.4, -0.2) is 113 Å².